The standard InChI is InChI=1S/C11H15I3NO.CH4O3S/c1-15(2,3)4-5-16-11-9(13)6-8(12)7-10(11)14;1-5(2,3)4/h6-7H,4-5H2,1-3H3;1H3,(H,2,3,4)/q+1;. The van der Waals surface area contributed by atoms with Gasteiger partial charge in [-0.2, -0.15) is 8.42 Å². The molecule has 0 amide bonds. The van der Waals surface area contributed by atoms with Gasteiger partial charge in [0, 0.05) is 3.57 Å². The lowest BCUT2D eigenvalue weighted by Gasteiger charge is -2.24. The Morgan fingerprint density at radius 3 is 1.86 bits per heavy atom. The number of halogens is 3. The summed E-state index contributed by atoms with van der Waals surface area (Å²) in [6.07, 6.45) is 0.715. The number of hydrogen-bond acceptors (Lipinski definition) is 3. The van der Waals surface area contributed by atoms with Crippen LogP contribution < -0.4 is 4.74 Å². The molecule has 1 rings (SSSR count). The van der Waals surface area contributed by atoms with Gasteiger partial charge in [0.15, 0.2) is 0 Å². The van der Waals surface area contributed by atoms with Gasteiger partial charge in [-0.25, -0.2) is 0 Å². The Morgan fingerprint density at radius 1 is 1.14 bits per heavy atom. The van der Waals surface area contributed by atoms with E-state index in [-0.39, 0.29) is 0 Å². The van der Waals surface area contributed by atoms with Crippen molar-refractivity contribution in [2.24, 2.45) is 0 Å². The van der Waals surface area contributed by atoms with E-state index in [2.05, 4.69) is 101 Å². The molecule has 1 N–H and O–H groups in total. The zero-order valence-corrected chi connectivity index (χ0v) is 19.5. The van der Waals surface area contributed by atoms with E-state index in [1.807, 2.05) is 0 Å². The predicted octanol–water partition coefficient (Wildman–Crippen LogP) is 3.09. The molecule has 0 atom stereocenters. The molecule has 0 aromatic heterocycles. The van der Waals surface area contributed by atoms with Crippen LogP contribution in [0, 0.1) is 10.7 Å². The van der Waals surface area contributed by atoms with Crippen molar-refractivity contribution in [1.29, 1.82) is 0 Å². The van der Waals surface area contributed by atoms with E-state index in [9.17, 15) is 8.42 Å². The molecular formula is C12H19I3NO4S+. The fourth-order valence-electron chi connectivity index (χ4n) is 1.09. The molecule has 21 heavy (non-hydrogen) atoms. The molecule has 0 saturated carbocycles. The zero-order valence-electron chi connectivity index (χ0n) is 12.2. The Morgan fingerprint density at radius 2 is 1.52 bits per heavy atom. The van der Waals surface area contributed by atoms with E-state index < -0.39 is 10.1 Å². The second-order valence-corrected chi connectivity index (χ2v) is 10.3. The summed E-state index contributed by atoms with van der Waals surface area (Å²) in [5.74, 6) is 1.02. The number of quaternary nitrogens is 1. The average molecular weight is 654 g/mol. The Labute approximate surface area is 167 Å². The molecule has 122 valence electrons. The number of rotatable bonds is 4. The van der Waals surface area contributed by atoms with Gasteiger partial charge in [-0.3, -0.25) is 4.55 Å². The van der Waals surface area contributed by atoms with E-state index in [1.165, 1.54) is 10.7 Å². The van der Waals surface area contributed by atoms with Crippen LogP contribution in [-0.4, -0.2) is 58.0 Å². The molecule has 1 aromatic carbocycles. The maximum absolute atomic E-state index is 9.19. The van der Waals surface area contributed by atoms with Crippen LogP contribution in [-0.2, 0) is 10.1 Å². The van der Waals surface area contributed by atoms with Gasteiger partial charge < -0.3 is 9.22 Å². The van der Waals surface area contributed by atoms with Crippen molar-refractivity contribution < 1.29 is 22.2 Å². The molecular weight excluding hydrogens is 635 g/mol. The Bertz CT molecular complexity index is 539. The second-order valence-electron chi connectivity index (χ2n) is 5.29. The third-order valence-corrected chi connectivity index (χ3v) is 4.20. The highest BCUT2D eigenvalue weighted by molar-refractivity contribution is 14.1. The fraction of sp³-hybridized carbons (Fsp3) is 0.500. The van der Waals surface area contributed by atoms with Crippen molar-refractivity contribution >= 4 is 77.9 Å². The van der Waals surface area contributed by atoms with Crippen molar-refractivity contribution in [2.75, 3.05) is 40.6 Å². The van der Waals surface area contributed by atoms with Crippen LogP contribution in [0.1, 0.15) is 0 Å². The molecule has 0 unspecified atom stereocenters. The topological polar surface area (TPSA) is 63.6 Å². The van der Waals surface area contributed by atoms with Crippen molar-refractivity contribution in [3.63, 3.8) is 0 Å². The molecule has 5 nitrogen and oxygen atoms in total. The summed E-state index contributed by atoms with van der Waals surface area (Å²) in [5, 5.41) is 0. The quantitative estimate of drug-likeness (QED) is 0.309. The summed E-state index contributed by atoms with van der Waals surface area (Å²) in [4.78, 5) is 0. The fourth-order valence-corrected chi connectivity index (χ4v) is 4.98. The maximum Gasteiger partial charge on any atom is 0.261 e. The normalized spacial score (nSPS) is 11.6. The number of ether oxygens (including phenoxy) is 1. The first-order valence-electron chi connectivity index (χ1n) is 5.80. The number of likely N-dealkylation sites (N-methyl/N-ethyl adjacent to an activating group) is 1. The van der Waals surface area contributed by atoms with E-state index in [4.69, 9.17) is 9.29 Å². The van der Waals surface area contributed by atoms with E-state index in [0.29, 0.717) is 6.26 Å². The monoisotopic (exact) mass is 654 g/mol. The minimum Gasteiger partial charge on any atom is -0.485 e. The SMILES string of the molecule is CS(=O)(=O)O.C[N+](C)(C)CCOc1c(I)cc(I)cc1I. The molecule has 1 aromatic rings. The van der Waals surface area contributed by atoms with Crippen LogP contribution in [0.2, 0.25) is 0 Å². The lowest BCUT2D eigenvalue weighted by Crippen LogP contribution is -2.38. The highest BCUT2D eigenvalue weighted by Crippen LogP contribution is 2.29. The van der Waals surface area contributed by atoms with Crippen molar-refractivity contribution in [2.45, 2.75) is 0 Å². The highest BCUT2D eigenvalue weighted by atomic mass is 127. The first-order valence-corrected chi connectivity index (χ1v) is 10.9. The average Bonchev–Trinajstić information content (AvgIpc) is 2.17. The highest BCUT2D eigenvalue weighted by Gasteiger charge is 2.11. The third kappa shape index (κ3) is 13.2. The lowest BCUT2D eigenvalue weighted by atomic mass is 10.3. The molecule has 0 saturated heterocycles. The Kier molecular flexibility index (Phi) is 9.88. The number of benzene rings is 1. The second kappa shape index (κ2) is 9.39. The molecule has 0 bridgehead atoms. The van der Waals surface area contributed by atoms with Crippen molar-refractivity contribution in [1.82, 2.24) is 0 Å². The largest absolute Gasteiger partial charge is 0.485 e. The molecule has 0 aliphatic rings. The van der Waals surface area contributed by atoms with Gasteiger partial charge in [0.2, 0.25) is 0 Å². The molecule has 0 fully saturated rings. The Balaban J connectivity index is 0.000000690. The molecule has 0 aliphatic carbocycles. The van der Waals surface area contributed by atoms with Gasteiger partial charge in [0.1, 0.15) is 18.9 Å². The zero-order chi connectivity index (χ0) is 16.8. The first kappa shape index (κ1) is 22.1. The molecule has 0 heterocycles. The van der Waals surface area contributed by atoms with Crippen molar-refractivity contribution in [3.05, 3.63) is 22.8 Å². The molecule has 0 radical (unpaired) electrons. The smallest absolute Gasteiger partial charge is 0.261 e. The van der Waals surface area contributed by atoms with Crippen LogP contribution in [0.15, 0.2) is 12.1 Å². The van der Waals surface area contributed by atoms with Gasteiger partial charge in [-0.1, -0.05) is 0 Å². The summed E-state index contributed by atoms with van der Waals surface area (Å²) < 4.78 is 36.3. The van der Waals surface area contributed by atoms with Gasteiger partial charge >= 0.3 is 0 Å². The summed E-state index contributed by atoms with van der Waals surface area (Å²) >= 11 is 7.00. The van der Waals surface area contributed by atoms with E-state index in [1.54, 1.807) is 0 Å². The van der Waals surface area contributed by atoms with Crippen molar-refractivity contribution in [3.8, 4) is 5.75 Å². The number of hydrogen-bond donors (Lipinski definition) is 1. The van der Waals surface area contributed by atoms with Crippen LogP contribution in [0.4, 0.5) is 0 Å². The lowest BCUT2D eigenvalue weighted by molar-refractivity contribution is -0.870. The van der Waals surface area contributed by atoms with Gasteiger partial charge in [0.05, 0.1) is 34.5 Å². The predicted molar refractivity (Wildman–Crippen MR) is 110 cm³/mol. The summed E-state index contributed by atoms with van der Waals surface area (Å²) in [6.45, 7) is 1.77. The van der Waals surface area contributed by atoms with Gasteiger partial charge in [-0.15, -0.1) is 0 Å². The van der Waals surface area contributed by atoms with Gasteiger partial charge in [0.25, 0.3) is 10.1 Å². The molecule has 0 aliphatic heterocycles. The van der Waals surface area contributed by atoms with Crippen LogP contribution in [0.3, 0.4) is 0 Å². The molecule has 9 heteroatoms. The summed E-state index contributed by atoms with van der Waals surface area (Å²) in [7, 11) is 2.85. The molecule has 0 spiro atoms. The van der Waals surface area contributed by atoms with E-state index in [0.717, 1.165) is 23.4 Å². The minimum atomic E-state index is -3.67. The summed E-state index contributed by atoms with van der Waals surface area (Å²) in [5.41, 5.74) is 0. The Hall–Kier alpha value is 1.08. The number of nitrogens with zero attached hydrogens (tertiary/aromatic N) is 1. The minimum absolute atomic E-state index is 0.715. The van der Waals surface area contributed by atoms with Crippen LogP contribution in [0.5, 0.6) is 5.75 Å². The van der Waals surface area contributed by atoms with E-state index >= 15 is 0 Å². The summed E-state index contributed by atoms with van der Waals surface area (Å²) in [6, 6.07) is 4.29. The van der Waals surface area contributed by atoms with Crippen LogP contribution in [0.25, 0.3) is 0 Å². The first-order chi connectivity index (χ1) is 9.29. The maximum atomic E-state index is 9.19. The van der Waals surface area contributed by atoms with Gasteiger partial charge in [-0.05, 0) is 79.9 Å². The van der Waals surface area contributed by atoms with Crippen LogP contribution >= 0.6 is 67.8 Å². The third-order valence-electron chi connectivity index (χ3n) is 1.97.